The monoisotopic (exact) mass is 396 g/mol. The highest BCUT2D eigenvalue weighted by molar-refractivity contribution is 6.05. The summed E-state index contributed by atoms with van der Waals surface area (Å²) in [5, 5.41) is 5.49. The SMILES string of the molecule is CCCNC(=O)COC(=O)C1C(C(=O)OCC)=C(C)NC(C)=C1C(=O)OCC. The standard InChI is InChI=1S/C19H28N2O7/c1-6-9-20-13(22)10-28-19(25)16-14(17(23)26-7-2)11(4)21-12(5)15(16)18(24)27-8-3/h16,21H,6-10H2,1-5H3,(H,20,22). The van der Waals surface area contributed by atoms with Gasteiger partial charge in [-0.25, -0.2) is 9.59 Å². The van der Waals surface area contributed by atoms with E-state index in [1.165, 1.54) is 0 Å². The predicted octanol–water partition coefficient (Wildman–Crippen LogP) is 0.949. The van der Waals surface area contributed by atoms with E-state index < -0.39 is 36.3 Å². The summed E-state index contributed by atoms with van der Waals surface area (Å²) in [6, 6.07) is 0. The van der Waals surface area contributed by atoms with E-state index in [0.29, 0.717) is 17.9 Å². The Bertz CT molecular complexity index is 654. The number of amides is 1. The van der Waals surface area contributed by atoms with E-state index in [1.54, 1.807) is 27.7 Å². The summed E-state index contributed by atoms with van der Waals surface area (Å²) in [5.74, 6) is -4.23. The molecule has 1 aliphatic rings. The molecule has 28 heavy (non-hydrogen) atoms. The Labute approximate surface area is 164 Å². The van der Waals surface area contributed by atoms with Gasteiger partial charge in [0.15, 0.2) is 6.61 Å². The molecule has 1 heterocycles. The van der Waals surface area contributed by atoms with Crippen molar-refractivity contribution in [1.29, 1.82) is 0 Å². The highest BCUT2D eigenvalue weighted by Crippen LogP contribution is 2.32. The van der Waals surface area contributed by atoms with Gasteiger partial charge in [-0.15, -0.1) is 0 Å². The lowest BCUT2D eigenvalue weighted by Gasteiger charge is -2.28. The first-order valence-electron chi connectivity index (χ1n) is 9.24. The third-order valence-corrected chi connectivity index (χ3v) is 3.90. The summed E-state index contributed by atoms with van der Waals surface area (Å²) in [5.41, 5.74) is 0.631. The third kappa shape index (κ3) is 5.83. The lowest BCUT2D eigenvalue weighted by Crippen LogP contribution is -2.39. The second kappa shape index (κ2) is 11.1. The minimum absolute atomic E-state index is 0.0468. The molecule has 0 atom stereocenters. The quantitative estimate of drug-likeness (QED) is 0.437. The summed E-state index contributed by atoms with van der Waals surface area (Å²) < 4.78 is 15.2. The Morgan fingerprint density at radius 1 is 0.893 bits per heavy atom. The summed E-state index contributed by atoms with van der Waals surface area (Å²) in [4.78, 5) is 49.4. The zero-order valence-corrected chi connectivity index (χ0v) is 17.0. The van der Waals surface area contributed by atoms with Crippen LogP contribution in [0.1, 0.15) is 41.0 Å². The second-order valence-electron chi connectivity index (χ2n) is 6.03. The molecule has 0 fully saturated rings. The van der Waals surface area contributed by atoms with Gasteiger partial charge in [-0.3, -0.25) is 9.59 Å². The number of hydrogen-bond donors (Lipinski definition) is 2. The number of ether oxygens (including phenoxy) is 3. The van der Waals surface area contributed by atoms with Gasteiger partial charge in [-0.05, 0) is 34.1 Å². The Morgan fingerprint density at radius 2 is 1.39 bits per heavy atom. The van der Waals surface area contributed by atoms with Crippen LogP contribution in [0.15, 0.2) is 22.5 Å². The van der Waals surface area contributed by atoms with E-state index in [9.17, 15) is 19.2 Å². The van der Waals surface area contributed by atoms with Crippen molar-refractivity contribution in [2.45, 2.75) is 41.0 Å². The van der Waals surface area contributed by atoms with Gasteiger partial charge < -0.3 is 24.8 Å². The van der Waals surface area contributed by atoms with Crippen molar-refractivity contribution in [2.24, 2.45) is 5.92 Å². The maximum atomic E-state index is 12.8. The van der Waals surface area contributed by atoms with Gasteiger partial charge in [0.1, 0.15) is 5.92 Å². The molecule has 9 heteroatoms. The van der Waals surface area contributed by atoms with Crippen LogP contribution >= 0.6 is 0 Å². The fourth-order valence-corrected chi connectivity index (χ4v) is 2.72. The number of carbonyl (C=O) groups is 4. The Kier molecular flexibility index (Phi) is 9.20. The van der Waals surface area contributed by atoms with Gasteiger partial charge in [0, 0.05) is 17.9 Å². The van der Waals surface area contributed by atoms with Crippen LogP contribution in [0.2, 0.25) is 0 Å². The first-order chi connectivity index (χ1) is 13.3. The number of allylic oxidation sites excluding steroid dienone is 2. The molecule has 0 spiro atoms. The average Bonchev–Trinajstić information content (AvgIpc) is 2.63. The Hall–Kier alpha value is -2.84. The number of hydrogen-bond acceptors (Lipinski definition) is 8. The first kappa shape index (κ1) is 23.2. The molecule has 0 unspecified atom stereocenters. The van der Waals surface area contributed by atoms with Crippen LogP contribution in [0, 0.1) is 5.92 Å². The molecule has 1 aliphatic heterocycles. The molecule has 0 radical (unpaired) electrons. The van der Waals surface area contributed by atoms with Crippen LogP contribution in [0.25, 0.3) is 0 Å². The summed E-state index contributed by atoms with van der Waals surface area (Å²) >= 11 is 0. The molecule has 0 aromatic carbocycles. The van der Waals surface area contributed by atoms with Crippen molar-refractivity contribution >= 4 is 23.8 Å². The van der Waals surface area contributed by atoms with Crippen molar-refractivity contribution in [2.75, 3.05) is 26.4 Å². The van der Waals surface area contributed by atoms with Crippen molar-refractivity contribution in [1.82, 2.24) is 10.6 Å². The number of dihydropyridines is 1. The molecule has 2 N–H and O–H groups in total. The van der Waals surface area contributed by atoms with Crippen molar-refractivity contribution < 1.29 is 33.4 Å². The third-order valence-electron chi connectivity index (χ3n) is 3.90. The lowest BCUT2D eigenvalue weighted by atomic mass is 9.85. The molecular weight excluding hydrogens is 368 g/mol. The number of esters is 3. The Balaban J connectivity index is 3.20. The number of nitrogens with one attached hydrogen (secondary N) is 2. The molecule has 9 nitrogen and oxygen atoms in total. The van der Waals surface area contributed by atoms with Crippen molar-refractivity contribution in [3.63, 3.8) is 0 Å². The normalized spacial score (nSPS) is 14.3. The fraction of sp³-hybridized carbons (Fsp3) is 0.579. The largest absolute Gasteiger partial charge is 0.463 e. The van der Waals surface area contributed by atoms with Crippen molar-refractivity contribution in [3.05, 3.63) is 22.5 Å². The maximum absolute atomic E-state index is 12.8. The van der Waals surface area contributed by atoms with Crippen LogP contribution in [-0.2, 0) is 33.4 Å². The van der Waals surface area contributed by atoms with E-state index in [0.717, 1.165) is 6.42 Å². The van der Waals surface area contributed by atoms with E-state index in [1.807, 2.05) is 6.92 Å². The van der Waals surface area contributed by atoms with E-state index >= 15 is 0 Å². The topological polar surface area (TPSA) is 120 Å². The molecule has 0 aromatic heterocycles. The van der Waals surface area contributed by atoms with Crippen LogP contribution < -0.4 is 10.6 Å². The van der Waals surface area contributed by atoms with Gasteiger partial charge in [0.25, 0.3) is 5.91 Å². The summed E-state index contributed by atoms with van der Waals surface area (Å²) in [7, 11) is 0. The van der Waals surface area contributed by atoms with Gasteiger partial charge in [0.2, 0.25) is 0 Å². The zero-order chi connectivity index (χ0) is 21.3. The molecule has 0 saturated carbocycles. The van der Waals surface area contributed by atoms with Gasteiger partial charge in [-0.1, -0.05) is 6.92 Å². The van der Waals surface area contributed by atoms with E-state index in [4.69, 9.17) is 14.2 Å². The minimum atomic E-state index is -1.35. The number of carbonyl (C=O) groups excluding carboxylic acids is 4. The molecule has 1 rings (SSSR count). The maximum Gasteiger partial charge on any atom is 0.337 e. The molecule has 1 amide bonds. The van der Waals surface area contributed by atoms with Crippen LogP contribution in [0.4, 0.5) is 0 Å². The molecule has 0 aliphatic carbocycles. The van der Waals surface area contributed by atoms with Gasteiger partial charge in [0.05, 0.1) is 24.4 Å². The van der Waals surface area contributed by atoms with E-state index in [-0.39, 0.29) is 24.4 Å². The molecular formula is C19H28N2O7. The first-order valence-corrected chi connectivity index (χ1v) is 9.24. The second-order valence-corrected chi connectivity index (χ2v) is 6.03. The molecule has 0 bridgehead atoms. The average molecular weight is 396 g/mol. The Morgan fingerprint density at radius 3 is 1.82 bits per heavy atom. The van der Waals surface area contributed by atoms with Crippen LogP contribution in [0.5, 0.6) is 0 Å². The summed E-state index contributed by atoms with van der Waals surface area (Å²) in [6.45, 7) is 8.43. The van der Waals surface area contributed by atoms with Crippen LogP contribution in [0.3, 0.4) is 0 Å². The van der Waals surface area contributed by atoms with Crippen molar-refractivity contribution in [3.8, 4) is 0 Å². The fourth-order valence-electron chi connectivity index (χ4n) is 2.72. The van der Waals surface area contributed by atoms with E-state index in [2.05, 4.69) is 10.6 Å². The highest BCUT2D eigenvalue weighted by Gasteiger charge is 2.42. The molecule has 0 aromatic rings. The zero-order valence-electron chi connectivity index (χ0n) is 17.0. The smallest absolute Gasteiger partial charge is 0.337 e. The van der Waals surface area contributed by atoms with Gasteiger partial charge >= 0.3 is 17.9 Å². The van der Waals surface area contributed by atoms with Crippen LogP contribution in [-0.4, -0.2) is 50.2 Å². The molecule has 156 valence electrons. The minimum Gasteiger partial charge on any atom is -0.463 e. The van der Waals surface area contributed by atoms with Gasteiger partial charge in [-0.2, -0.15) is 0 Å². The summed E-state index contributed by atoms with van der Waals surface area (Å²) in [6.07, 6.45) is 0.734. The predicted molar refractivity (Wildman–Crippen MR) is 99.6 cm³/mol. The molecule has 0 saturated heterocycles. The highest BCUT2D eigenvalue weighted by atomic mass is 16.5. The number of rotatable bonds is 9. The lowest BCUT2D eigenvalue weighted by molar-refractivity contribution is -0.154.